The minimum Gasteiger partial charge on any atom is -0.465 e. The summed E-state index contributed by atoms with van der Waals surface area (Å²) in [4.78, 5) is 24.3. The molecule has 0 saturated carbocycles. The van der Waals surface area contributed by atoms with Gasteiger partial charge in [-0.2, -0.15) is 0 Å². The number of carbonyl (C=O) groups is 2. The molecule has 0 unspecified atom stereocenters. The molecule has 0 saturated heterocycles. The summed E-state index contributed by atoms with van der Waals surface area (Å²) in [6.45, 7) is 10.7. The smallest absolute Gasteiger partial charge is 0.320 e. The maximum atomic E-state index is 12.2. The lowest BCUT2D eigenvalue weighted by molar-refractivity contribution is -0.163. The van der Waals surface area contributed by atoms with Crippen molar-refractivity contribution in [2.24, 2.45) is 11.8 Å². The molecular weight excluding hydrogens is 284 g/mol. The monoisotopic (exact) mass is 310 g/mol. The van der Waals surface area contributed by atoms with E-state index in [4.69, 9.17) is 9.47 Å². The van der Waals surface area contributed by atoms with Crippen molar-refractivity contribution >= 4 is 20.0 Å². The Bertz CT molecular complexity index is 428. The third-order valence-corrected chi connectivity index (χ3v) is 5.54. The van der Waals surface area contributed by atoms with Gasteiger partial charge in [-0.05, 0) is 20.3 Å². The Balaban J connectivity index is 3.03. The second-order valence-electron chi connectivity index (χ2n) is 6.16. The van der Waals surface area contributed by atoms with Crippen molar-refractivity contribution in [3.8, 4) is 0 Å². The zero-order chi connectivity index (χ0) is 16.0. The first-order chi connectivity index (χ1) is 9.81. The summed E-state index contributed by atoms with van der Waals surface area (Å²) in [6, 6.07) is 0. The van der Waals surface area contributed by atoms with Crippen LogP contribution in [0.4, 0.5) is 0 Å². The number of esters is 2. The van der Waals surface area contributed by atoms with E-state index in [0.717, 1.165) is 0 Å². The second kappa shape index (κ2) is 7.59. The van der Waals surface area contributed by atoms with Crippen LogP contribution in [0.5, 0.6) is 0 Å². The highest BCUT2D eigenvalue weighted by Crippen LogP contribution is 2.30. The van der Waals surface area contributed by atoms with Crippen LogP contribution in [0.3, 0.4) is 0 Å². The third-order valence-electron chi connectivity index (χ3n) is 3.47. The molecule has 0 aromatic carbocycles. The van der Waals surface area contributed by atoms with Crippen LogP contribution < -0.4 is 0 Å². The van der Waals surface area contributed by atoms with E-state index in [1.165, 1.54) is 5.20 Å². The van der Waals surface area contributed by atoms with Crippen molar-refractivity contribution in [2.75, 3.05) is 13.2 Å². The minimum atomic E-state index is -1.48. The number of hydrogen-bond acceptors (Lipinski definition) is 4. The molecule has 0 fully saturated rings. The summed E-state index contributed by atoms with van der Waals surface area (Å²) >= 11 is 0. The second-order valence-corrected chi connectivity index (χ2v) is 11.2. The fraction of sp³-hybridized carbons (Fsp3) is 0.625. The molecule has 1 atom stereocenters. The largest absolute Gasteiger partial charge is 0.465 e. The lowest BCUT2D eigenvalue weighted by atomic mass is 9.87. The molecule has 4 nitrogen and oxygen atoms in total. The Morgan fingerprint density at radius 2 is 1.71 bits per heavy atom. The normalized spacial score (nSPS) is 18.4. The molecule has 0 aromatic heterocycles. The first-order valence-electron chi connectivity index (χ1n) is 7.53. The van der Waals surface area contributed by atoms with Gasteiger partial charge in [0.25, 0.3) is 0 Å². The third kappa shape index (κ3) is 4.84. The molecule has 0 aromatic rings. The molecule has 1 aliphatic carbocycles. The van der Waals surface area contributed by atoms with Crippen LogP contribution in [0.1, 0.15) is 20.3 Å². The number of ether oxygens (including phenoxy) is 2. The van der Waals surface area contributed by atoms with E-state index < -0.39 is 25.9 Å². The van der Waals surface area contributed by atoms with Crippen molar-refractivity contribution in [2.45, 2.75) is 39.9 Å². The Kier molecular flexibility index (Phi) is 6.39. The minimum absolute atomic E-state index is 0.171. The van der Waals surface area contributed by atoms with E-state index in [-0.39, 0.29) is 19.1 Å². The molecule has 0 heterocycles. The number of allylic oxidation sites excluding steroid dienone is 4. The quantitative estimate of drug-likeness (QED) is 0.430. The van der Waals surface area contributed by atoms with Crippen molar-refractivity contribution in [1.82, 2.24) is 0 Å². The van der Waals surface area contributed by atoms with Crippen LogP contribution in [0.15, 0.2) is 23.4 Å². The zero-order valence-electron chi connectivity index (χ0n) is 13.6. The average molecular weight is 310 g/mol. The molecule has 0 radical (unpaired) electrons. The summed E-state index contributed by atoms with van der Waals surface area (Å²) in [5, 5.41) is 1.26. The SMILES string of the molecule is CCOC(=O)C(C(=O)OCC)[C@H]1C=C([Si](C)(C)C)C=CC1. The van der Waals surface area contributed by atoms with E-state index in [0.29, 0.717) is 6.42 Å². The Labute approximate surface area is 128 Å². The van der Waals surface area contributed by atoms with E-state index >= 15 is 0 Å². The van der Waals surface area contributed by atoms with Crippen LogP contribution in [0.2, 0.25) is 19.6 Å². The standard InChI is InChI=1S/C16H26O4Si/c1-6-19-15(17)14(16(18)20-7-2)12-9-8-10-13(11-12)21(3,4)5/h8,10-12,14H,6-7,9H2,1-5H3/t12-/m1/s1. The van der Waals surface area contributed by atoms with Crippen LogP contribution in [-0.2, 0) is 19.1 Å². The zero-order valence-corrected chi connectivity index (χ0v) is 14.6. The average Bonchev–Trinajstić information content (AvgIpc) is 2.39. The van der Waals surface area contributed by atoms with Crippen molar-refractivity contribution < 1.29 is 19.1 Å². The Hall–Kier alpha value is -1.36. The molecule has 21 heavy (non-hydrogen) atoms. The molecule has 0 aliphatic heterocycles. The summed E-state index contributed by atoms with van der Waals surface area (Å²) in [5.74, 6) is -2.00. The molecule has 0 amide bonds. The van der Waals surface area contributed by atoms with Gasteiger partial charge in [0.05, 0.1) is 21.3 Å². The first-order valence-corrected chi connectivity index (χ1v) is 11.0. The van der Waals surface area contributed by atoms with Gasteiger partial charge in [-0.25, -0.2) is 0 Å². The summed E-state index contributed by atoms with van der Waals surface area (Å²) in [5.41, 5.74) is 0. The van der Waals surface area contributed by atoms with E-state index in [1.807, 2.05) is 6.08 Å². The summed E-state index contributed by atoms with van der Waals surface area (Å²) in [6.07, 6.45) is 6.90. The Morgan fingerprint density at radius 3 is 2.14 bits per heavy atom. The predicted molar refractivity (Wildman–Crippen MR) is 85.4 cm³/mol. The summed E-state index contributed by atoms with van der Waals surface area (Å²) < 4.78 is 10.1. The molecular formula is C16H26O4Si. The predicted octanol–water partition coefficient (Wildman–Crippen LogP) is 3.11. The number of rotatable bonds is 6. The highest BCUT2D eigenvalue weighted by atomic mass is 28.3. The van der Waals surface area contributed by atoms with Gasteiger partial charge in [0.15, 0.2) is 5.92 Å². The summed E-state index contributed by atoms with van der Waals surface area (Å²) in [7, 11) is -1.48. The number of carbonyl (C=O) groups excluding carboxylic acids is 2. The van der Waals surface area contributed by atoms with Gasteiger partial charge < -0.3 is 9.47 Å². The highest BCUT2D eigenvalue weighted by molar-refractivity contribution is 6.83. The fourth-order valence-electron chi connectivity index (χ4n) is 2.35. The van der Waals surface area contributed by atoms with E-state index in [2.05, 4.69) is 31.8 Å². The van der Waals surface area contributed by atoms with Gasteiger partial charge in [-0.1, -0.05) is 43.1 Å². The van der Waals surface area contributed by atoms with Crippen molar-refractivity contribution in [3.63, 3.8) is 0 Å². The van der Waals surface area contributed by atoms with Gasteiger partial charge in [0.2, 0.25) is 0 Å². The van der Waals surface area contributed by atoms with Crippen molar-refractivity contribution in [1.29, 1.82) is 0 Å². The molecule has 1 rings (SSSR count). The van der Waals surface area contributed by atoms with Gasteiger partial charge in [-0.3, -0.25) is 9.59 Å². The lowest BCUT2D eigenvalue weighted by Crippen LogP contribution is -2.35. The molecule has 118 valence electrons. The van der Waals surface area contributed by atoms with Crippen LogP contribution >= 0.6 is 0 Å². The maximum Gasteiger partial charge on any atom is 0.320 e. The molecule has 0 spiro atoms. The van der Waals surface area contributed by atoms with Crippen LogP contribution in [-0.4, -0.2) is 33.2 Å². The van der Waals surface area contributed by atoms with E-state index in [1.54, 1.807) is 13.8 Å². The van der Waals surface area contributed by atoms with Gasteiger partial charge in [-0.15, -0.1) is 0 Å². The maximum absolute atomic E-state index is 12.2. The Morgan fingerprint density at radius 1 is 1.19 bits per heavy atom. The van der Waals surface area contributed by atoms with Crippen LogP contribution in [0.25, 0.3) is 0 Å². The molecule has 0 bridgehead atoms. The van der Waals surface area contributed by atoms with Gasteiger partial charge in [0, 0.05) is 5.92 Å². The molecule has 1 aliphatic rings. The first kappa shape index (κ1) is 17.7. The number of hydrogen-bond donors (Lipinski definition) is 0. The highest BCUT2D eigenvalue weighted by Gasteiger charge is 2.37. The van der Waals surface area contributed by atoms with E-state index in [9.17, 15) is 9.59 Å². The topological polar surface area (TPSA) is 52.6 Å². The van der Waals surface area contributed by atoms with Gasteiger partial charge in [0.1, 0.15) is 0 Å². The van der Waals surface area contributed by atoms with Gasteiger partial charge >= 0.3 is 11.9 Å². The van der Waals surface area contributed by atoms with Crippen molar-refractivity contribution in [3.05, 3.63) is 23.4 Å². The molecule has 0 N–H and O–H groups in total. The van der Waals surface area contributed by atoms with Crippen LogP contribution in [0, 0.1) is 11.8 Å². The fourth-order valence-corrected chi connectivity index (χ4v) is 3.68. The lowest BCUT2D eigenvalue weighted by Gasteiger charge is -2.27. The molecule has 5 heteroatoms.